The number of nitrogens with zero attached hydrogens (tertiary/aromatic N) is 2. The highest BCUT2D eigenvalue weighted by Crippen LogP contribution is 2.23. The molecule has 2 aliphatic heterocycles. The molecule has 248 valence electrons. The molecule has 2 heteroatoms. The summed E-state index contributed by atoms with van der Waals surface area (Å²) in [4.78, 5) is 8.35. The van der Waals surface area contributed by atoms with Crippen molar-refractivity contribution in [2.75, 3.05) is 0 Å². The Balaban J connectivity index is 0. The van der Waals surface area contributed by atoms with Crippen LogP contribution < -0.4 is 0 Å². The molecule has 0 fully saturated rings. The SMILES string of the molecule is C.C.C1=Cc2ccccc2C1.C1=Cc2ccccc2C1.C1=Nc2ccccc2C1.C1=Nc2ccccc2C1.CC.CC.CC.CC. The van der Waals surface area contributed by atoms with E-state index in [1.807, 2.05) is 104 Å². The predicted molar refractivity (Wildman–Crippen MR) is 214 cm³/mol. The summed E-state index contributed by atoms with van der Waals surface area (Å²) in [5.74, 6) is 0. The average Bonchev–Trinajstić information content (AvgIpc) is 3.96. The number of allylic oxidation sites excluding steroid dienone is 2. The van der Waals surface area contributed by atoms with Gasteiger partial charge in [0.05, 0.1) is 11.4 Å². The number of hydrogen-bond donors (Lipinski definition) is 0. The minimum atomic E-state index is 0. The minimum absolute atomic E-state index is 0. The summed E-state index contributed by atoms with van der Waals surface area (Å²) < 4.78 is 0. The van der Waals surface area contributed by atoms with Crippen LogP contribution in [-0.4, -0.2) is 12.4 Å². The monoisotopic (exact) mass is 618 g/mol. The van der Waals surface area contributed by atoms with Crippen LogP contribution in [0.25, 0.3) is 12.2 Å². The van der Waals surface area contributed by atoms with Crippen LogP contribution in [-0.2, 0) is 25.7 Å². The van der Waals surface area contributed by atoms with Gasteiger partial charge < -0.3 is 0 Å². The van der Waals surface area contributed by atoms with E-state index < -0.39 is 0 Å². The van der Waals surface area contributed by atoms with Crippen LogP contribution in [0, 0.1) is 0 Å². The lowest BCUT2D eigenvalue weighted by molar-refractivity contribution is 1.31. The van der Waals surface area contributed by atoms with Gasteiger partial charge in [-0.25, -0.2) is 0 Å². The van der Waals surface area contributed by atoms with E-state index in [1.165, 1.54) is 33.4 Å². The van der Waals surface area contributed by atoms with E-state index in [0.29, 0.717) is 0 Å². The second-order valence-corrected chi connectivity index (χ2v) is 8.90. The quantitative estimate of drug-likeness (QED) is 0.187. The molecule has 0 saturated carbocycles. The van der Waals surface area contributed by atoms with Gasteiger partial charge in [-0.3, -0.25) is 9.98 Å². The molecule has 4 aromatic rings. The lowest BCUT2D eigenvalue weighted by Gasteiger charge is -1.93. The van der Waals surface area contributed by atoms with Gasteiger partial charge in [-0.1, -0.05) is 179 Å². The molecule has 0 saturated heterocycles. The van der Waals surface area contributed by atoms with Crippen molar-refractivity contribution in [1.29, 1.82) is 0 Å². The van der Waals surface area contributed by atoms with Crippen LogP contribution in [0.1, 0.15) is 104 Å². The van der Waals surface area contributed by atoms with Crippen molar-refractivity contribution in [3.05, 3.63) is 143 Å². The minimum Gasteiger partial charge on any atom is -0.261 e. The van der Waals surface area contributed by atoms with Crippen LogP contribution in [0.2, 0.25) is 0 Å². The topological polar surface area (TPSA) is 24.7 Å². The molecular weight excluding hydrogens is 556 g/mol. The number of rotatable bonds is 0. The Kier molecular flexibility index (Phi) is 26.9. The molecule has 2 nitrogen and oxygen atoms in total. The Hall–Kier alpha value is -4.30. The molecule has 46 heavy (non-hydrogen) atoms. The summed E-state index contributed by atoms with van der Waals surface area (Å²) >= 11 is 0. The summed E-state index contributed by atoms with van der Waals surface area (Å²) in [6.45, 7) is 16.0. The third-order valence-electron chi connectivity index (χ3n) is 6.45. The zero-order chi connectivity index (χ0) is 32.4. The highest BCUT2D eigenvalue weighted by Gasteiger charge is 2.03. The predicted octanol–water partition coefficient (Wildman–Crippen LogP) is 13.8. The molecule has 2 aliphatic carbocycles. The Bertz CT molecular complexity index is 1220. The lowest BCUT2D eigenvalue weighted by atomic mass is 10.1. The van der Waals surface area contributed by atoms with Gasteiger partial charge in [0.25, 0.3) is 0 Å². The van der Waals surface area contributed by atoms with E-state index in [2.05, 4.69) is 95.0 Å². The Morgan fingerprint density at radius 2 is 0.674 bits per heavy atom. The molecule has 0 amide bonds. The zero-order valence-corrected chi connectivity index (χ0v) is 28.4. The number of aliphatic imine (C=N–C) groups is 2. The summed E-state index contributed by atoms with van der Waals surface area (Å²) in [6.07, 6.45) is 16.9. The van der Waals surface area contributed by atoms with Gasteiger partial charge >= 0.3 is 0 Å². The number of benzene rings is 4. The lowest BCUT2D eigenvalue weighted by Crippen LogP contribution is -1.76. The van der Waals surface area contributed by atoms with Crippen LogP contribution in [0.15, 0.2) is 119 Å². The molecular formula is C44H62N2. The van der Waals surface area contributed by atoms with E-state index >= 15 is 0 Å². The first-order valence-corrected chi connectivity index (χ1v) is 16.6. The van der Waals surface area contributed by atoms with Gasteiger partial charge in [0.2, 0.25) is 0 Å². The van der Waals surface area contributed by atoms with E-state index in [4.69, 9.17) is 0 Å². The standard InChI is InChI=1S/2C9H8.2C8H7N.4C2H6.2CH4/c2*1-2-5-9-7-3-6-8(9)4-1;2*1-2-4-8-7(3-1)5-6-9-8;4*1-2;;/h2*1-6H,7H2;2*1-4,6H,5H2;4*1-2H3;2*1H4. The van der Waals surface area contributed by atoms with E-state index in [1.54, 1.807) is 0 Å². The molecule has 0 unspecified atom stereocenters. The summed E-state index contributed by atoms with van der Waals surface area (Å²) in [5, 5.41) is 0. The summed E-state index contributed by atoms with van der Waals surface area (Å²) in [7, 11) is 0. The summed E-state index contributed by atoms with van der Waals surface area (Å²) in [6, 6.07) is 33.4. The van der Waals surface area contributed by atoms with E-state index in [-0.39, 0.29) is 14.9 Å². The van der Waals surface area contributed by atoms with Crippen LogP contribution in [0.3, 0.4) is 0 Å². The van der Waals surface area contributed by atoms with Gasteiger partial charge in [-0.05, 0) is 58.4 Å². The largest absolute Gasteiger partial charge is 0.261 e. The van der Waals surface area contributed by atoms with Crippen molar-refractivity contribution in [2.24, 2.45) is 9.98 Å². The third kappa shape index (κ3) is 14.7. The van der Waals surface area contributed by atoms with Crippen molar-refractivity contribution in [3.8, 4) is 0 Å². The molecule has 4 aliphatic rings. The molecule has 0 N–H and O–H groups in total. The van der Waals surface area contributed by atoms with Crippen molar-refractivity contribution in [2.45, 2.75) is 95.9 Å². The molecule has 0 aromatic heterocycles. The maximum Gasteiger partial charge on any atom is 0.0661 e. The molecule has 0 spiro atoms. The van der Waals surface area contributed by atoms with Crippen molar-refractivity contribution in [3.63, 3.8) is 0 Å². The molecule has 2 heterocycles. The number of hydrogen-bond acceptors (Lipinski definition) is 2. The molecule has 8 rings (SSSR count). The first-order chi connectivity index (χ1) is 21.9. The first-order valence-electron chi connectivity index (χ1n) is 16.6. The maximum absolute atomic E-state index is 4.17. The van der Waals surface area contributed by atoms with Crippen molar-refractivity contribution in [1.82, 2.24) is 0 Å². The second-order valence-electron chi connectivity index (χ2n) is 8.90. The number of fused-ring (bicyclic) bond motifs is 4. The maximum atomic E-state index is 4.17. The fourth-order valence-electron chi connectivity index (χ4n) is 4.49. The van der Waals surface area contributed by atoms with E-state index in [0.717, 1.165) is 37.1 Å². The number of para-hydroxylation sites is 2. The fourth-order valence-corrected chi connectivity index (χ4v) is 4.49. The molecule has 0 bridgehead atoms. The highest BCUT2D eigenvalue weighted by atomic mass is 14.7. The Labute approximate surface area is 283 Å². The van der Waals surface area contributed by atoms with Gasteiger partial charge in [-0.15, -0.1) is 0 Å². The van der Waals surface area contributed by atoms with E-state index in [9.17, 15) is 0 Å². The van der Waals surface area contributed by atoms with Gasteiger partial charge in [-0.2, -0.15) is 0 Å². The van der Waals surface area contributed by atoms with Gasteiger partial charge in [0.1, 0.15) is 0 Å². The first kappa shape index (κ1) is 43.8. The normalized spacial score (nSPS) is 11.3. The molecule has 0 atom stereocenters. The molecule has 4 aromatic carbocycles. The van der Waals surface area contributed by atoms with Crippen molar-refractivity contribution < 1.29 is 0 Å². The molecule has 0 radical (unpaired) electrons. The average molecular weight is 619 g/mol. The van der Waals surface area contributed by atoms with Crippen molar-refractivity contribution >= 4 is 36.0 Å². The van der Waals surface area contributed by atoms with Gasteiger partial charge in [0.15, 0.2) is 0 Å². The summed E-state index contributed by atoms with van der Waals surface area (Å²) in [5.41, 5.74) is 10.6. The Morgan fingerprint density at radius 1 is 0.370 bits per heavy atom. The van der Waals surface area contributed by atoms with Crippen LogP contribution in [0.5, 0.6) is 0 Å². The smallest absolute Gasteiger partial charge is 0.0661 e. The second kappa shape index (κ2) is 28.2. The zero-order valence-electron chi connectivity index (χ0n) is 28.4. The Morgan fingerprint density at radius 3 is 1.00 bits per heavy atom. The fraction of sp³-hybridized carbons (Fsp3) is 0.318. The third-order valence-corrected chi connectivity index (χ3v) is 6.45. The van der Waals surface area contributed by atoms with Gasteiger partial charge in [0, 0.05) is 25.3 Å². The van der Waals surface area contributed by atoms with Crippen LogP contribution in [0.4, 0.5) is 11.4 Å². The highest BCUT2D eigenvalue weighted by molar-refractivity contribution is 5.76. The van der Waals surface area contributed by atoms with Crippen LogP contribution >= 0.6 is 0 Å².